The van der Waals surface area contributed by atoms with E-state index in [0.29, 0.717) is 0 Å². The van der Waals surface area contributed by atoms with E-state index in [2.05, 4.69) is 0 Å². The number of ether oxygens (including phenoxy) is 2. The molecular formula is C15H27NO5. The van der Waals surface area contributed by atoms with E-state index in [1.807, 2.05) is 0 Å². The minimum absolute atomic E-state index is 0.0623. The van der Waals surface area contributed by atoms with Gasteiger partial charge >= 0.3 is 12.1 Å². The number of ketones is 1. The highest BCUT2D eigenvalue weighted by Gasteiger charge is 2.26. The molecule has 21 heavy (non-hydrogen) atoms. The molecule has 0 rings (SSSR count). The molecule has 0 aliphatic carbocycles. The maximum Gasteiger partial charge on any atom is 0.410 e. The van der Waals surface area contributed by atoms with Crippen LogP contribution in [0.25, 0.3) is 0 Å². The number of hydrogen-bond acceptors (Lipinski definition) is 5. The Morgan fingerprint density at radius 3 is 1.76 bits per heavy atom. The highest BCUT2D eigenvalue weighted by atomic mass is 16.6. The van der Waals surface area contributed by atoms with E-state index in [1.165, 1.54) is 11.8 Å². The first kappa shape index (κ1) is 19.4. The highest BCUT2D eigenvalue weighted by Crippen LogP contribution is 2.12. The number of nitrogens with zero attached hydrogens (tertiary/aromatic N) is 1. The zero-order chi connectivity index (χ0) is 16.8. The Kier molecular flexibility index (Phi) is 6.86. The molecule has 0 saturated carbocycles. The molecule has 6 nitrogen and oxygen atoms in total. The van der Waals surface area contributed by atoms with Gasteiger partial charge in [-0.05, 0) is 48.5 Å². The van der Waals surface area contributed by atoms with Crippen LogP contribution in [0.3, 0.4) is 0 Å². The van der Waals surface area contributed by atoms with E-state index in [4.69, 9.17) is 9.47 Å². The summed E-state index contributed by atoms with van der Waals surface area (Å²) < 4.78 is 10.4. The number of hydrogen-bond donors (Lipinski definition) is 0. The number of esters is 1. The van der Waals surface area contributed by atoms with Gasteiger partial charge in [0.05, 0.1) is 0 Å². The van der Waals surface area contributed by atoms with Gasteiger partial charge in [-0.15, -0.1) is 0 Å². The second-order valence-corrected chi connectivity index (χ2v) is 6.94. The fourth-order valence-electron chi connectivity index (χ4n) is 1.38. The van der Waals surface area contributed by atoms with Crippen molar-refractivity contribution in [2.24, 2.45) is 0 Å². The molecule has 0 fully saturated rings. The van der Waals surface area contributed by atoms with Gasteiger partial charge in [-0.25, -0.2) is 4.79 Å². The second kappa shape index (κ2) is 7.43. The lowest BCUT2D eigenvalue weighted by molar-refractivity contribution is -0.156. The zero-order valence-electron chi connectivity index (χ0n) is 14.1. The van der Waals surface area contributed by atoms with E-state index >= 15 is 0 Å². The maximum absolute atomic E-state index is 12.1. The summed E-state index contributed by atoms with van der Waals surface area (Å²) in [6.45, 7) is 11.8. The van der Waals surface area contributed by atoms with Crippen molar-refractivity contribution < 1.29 is 23.9 Å². The average Bonchev–Trinajstić information content (AvgIpc) is 2.18. The van der Waals surface area contributed by atoms with E-state index < -0.39 is 23.3 Å². The molecule has 0 atom stereocenters. The van der Waals surface area contributed by atoms with E-state index in [1.54, 1.807) is 41.5 Å². The number of amides is 1. The van der Waals surface area contributed by atoms with Gasteiger partial charge in [0.1, 0.15) is 23.5 Å². The Morgan fingerprint density at radius 1 is 0.905 bits per heavy atom. The summed E-state index contributed by atoms with van der Waals surface area (Å²) in [5.41, 5.74) is -1.29. The van der Waals surface area contributed by atoms with E-state index in [-0.39, 0.29) is 25.3 Å². The van der Waals surface area contributed by atoms with Crippen LogP contribution < -0.4 is 0 Å². The molecule has 0 N–H and O–H groups in total. The first-order chi connectivity index (χ1) is 9.30. The Bertz CT molecular complexity index is 390. The summed E-state index contributed by atoms with van der Waals surface area (Å²) in [6, 6.07) is 0. The molecule has 122 valence electrons. The molecule has 1 amide bonds. The molecule has 0 bridgehead atoms. The van der Waals surface area contributed by atoms with Crippen molar-refractivity contribution in [1.29, 1.82) is 0 Å². The minimum Gasteiger partial charge on any atom is -0.459 e. The third-order valence-corrected chi connectivity index (χ3v) is 2.13. The summed E-state index contributed by atoms with van der Waals surface area (Å²) in [5.74, 6) is -0.593. The minimum atomic E-state index is -0.667. The summed E-state index contributed by atoms with van der Waals surface area (Å²) in [7, 11) is 0. The van der Waals surface area contributed by atoms with Crippen molar-refractivity contribution in [3.05, 3.63) is 0 Å². The zero-order valence-corrected chi connectivity index (χ0v) is 14.1. The fraction of sp³-hybridized carbons (Fsp3) is 0.800. The van der Waals surface area contributed by atoms with Crippen LogP contribution in [0.5, 0.6) is 0 Å². The summed E-state index contributed by atoms with van der Waals surface area (Å²) >= 11 is 0. The normalized spacial score (nSPS) is 11.8. The van der Waals surface area contributed by atoms with Gasteiger partial charge in [-0.2, -0.15) is 0 Å². The van der Waals surface area contributed by atoms with Gasteiger partial charge in [0.15, 0.2) is 0 Å². The summed E-state index contributed by atoms with van der Waals surface area (Å²) in [6.07, 6.45) is -0.461. The van der Waals surface area contributed by atoms with Crippen LogP contribution in [0.4, 0.5) is 4.79 Å². The van der Waals surface area contributed by atoms with Crippen LogP contribution in [-0.2, 0) is 19.1 Å². The SMILES string of the molecule is CC(=O)CCN(CC(=O)OC(C)(C)C)C(=O)OC(C)(C)C. The van der Waals surface area contributed by atoms with Gasteiger partial charge in [-0.1, -0.05) is 0 Å². The molecule has 0 unspecified atom stereocenters. The molecule has 0 heterocycles. The Balaban J connectivity index is 4.77. The van der Waals surface area contributed by atoms with E-state index in [0.717, 1.165) is 0 Å². The number of carbonyl (C=O) groups excluding carboxylic acids is 3. The molecule has 0 spiro atoms. The lowest BCUT2D eigenvalue weighted by Crippen LogP contribution is -2.42. The van der Waals surface area contributed by atoms with Crippen molar-refractivity contribution in [1.82, 2.24) is 4.90 Å². The number of Topliss-reactive ketones (excluding diaryl/α,β-unsaturated/α-hetero) is 1. The molecule has 0 saturated heterocycles. The summed E-state index contributed by atoms with van der Waals surface area (Å²) in [4.78, 5) is 36.2. The maximum atomic E-state index is 12.1. The highest BCUT2D eigenvalue weighted by molar-refractivity contribution is 5.80. The first-order valence-corrected chi connectivity index (χ1v) is 6.99. The second-order valence-electron chi connectivity index (χ2n) is 6.94. The van der Waals surface area contributed by atoms with Crippen LogP contribution in [0.15, 0.2) is 0 Å². The number of carbonyl (C=O) groups is 3. The van der Waals surface area contributed by atoms with Gasteiger partial charge in [0, 0.05) is 13.0 Å². The van der Waals surface area contributed by atoms with Crippen molar-refractivity contribution >= 4 is 17.8 Å². The topological polar surface area (TPSA) is 72.9 Å². The monoisotopic (exact) mass is 301 g/mol. The first-order valence-electron chi connectivity index (χ1n) is 6.99. The summed E-state index contributed by atoms with van der Waals surface area (Å²) in [5, 5.41) is 0. The fourth-order valence-corrected chi connectivity index (χ4v) is 1.38. The third kappa shape index (κ3) is 10.8. The predicted molar refractivity (Wildman–Crippen MR) is 79.0 cm³/mol. The lowest BCUT2D eigenvalue weighted by Gasteiger charge is -2.28. The van der Waals surface area contributed by atoms with Gasteiger partial charge in [0.25, 0.3) is 0 Å². The molecule has 0 aliphatic rings. The van der Waals surface area contributed by atoms with Crippen LogP contribution in [0.1, 0.15) is 54.9 Å². The van der Waals surface area contributed by atoms with Gasteiger partial charge < -0.3 is 9.47 Å². The van der Waals surface area contributed by atoms with Crippen molar-refractivity contribution in [2.75, 3.05) is 13.1 Å². The van der Waals surface area contributed by atoms with Crippen LogP contribution in [-0.4, -0.2) is 47.0 Å². The Labute approximate surface area is 126 Å². The lowest BCUT2D eigenvalue weighted by atomic mass is 10.2. The van der Waals surface area contributed by atoms with Crippen molar-refractivity contribution in [3.63, 3.8) is 0 Å². The van der Waals surface area contributed by atoms with Crippen LogP contribution >= 0.6 is 0 Å². The molecule has 0 aliphatic heterocycles. The van der Waals surface area contributed by atoms with Crippen LogP contribution in [0, 0.1) is 0 Å². The largest absolute Gasteiger partial charge is 0.459 e. The molecule has 0 aromatic rings. The molecule has 6 heteroatoms. The van der Waals surface area contributed by atoms with Crippen molar-refractivity contribution in [2.45, 2.75) is 66.1 Å². The Hall–Kier alpha value is -1.59. The third-order valence-electron chi connectivity index (χ3n) is 2.13. The van der Waals surface area contributed by atoms with Gasteiger partial charge in [-0.3, -0.25) is 14.5 Å². The molecule has 0 radical (unpaired) electrons. The number of rotatable bonds is 5. The molecule has 0 aromatic heterocycles. The standard InChI is InChI=1S/C15H27NO5/c1-11(17)8-9-16(13(19)21-15(5,6)7)10-12(18)20-14(2,3)4/h8-10H2,1-7H3. The van der Waals surface area contributed by atoms with Crippen molar-refractivity contribution in [3.8, 4) is 0 Å². The smallest absolute Gasteiger partial charge is 0.410 e. The Morgan fingerprint density at radius 2 is 1.38 bits per heavy atom. The predicted octanol–water partition coefficient (Wildman–Crippen LogP) is 2.54. The molecular weight excluding hydrogens is 274 g/mol. The van der Waals surface area contributed by atoms with E-state index in [9.17, 15) is 14.4 Å². The van der Waals surface area contributed by atoms with Gasteiger partial charge in [0.2, 0.25) is 0 Å². The average molecular weight is 301 g/mol. The van der Waals surface area contributed by atoms with Crippen LogP contribution in [0.2, 0.25) is 0 Å². The quantitative estimate of drug-likeness (QED) is 0.730. The molecule has 0 aromatic carbocycles.